The first-order chi connectivity index (χ1) is 10.1. The van der Waals surface area contributed by atoms with E-state index in [9.17, 15) is 9.59 Å². The average molecular weight is 347 g/mol. The number of piperidine rings is 1. The number of fused-ring (bicyclic) bond motifs is 1. The fraction of sp³-hybridized carbons (Fsp3) is 0.250. The van der Waals surface area contributed by atoms with Crippen molar-refractivity contribution in [2.45, 2.75) is 18.9 Å². The Balaban J connectivity index is 1.77. The summed E-state index contributed by atoms with van der Waals surface area (Å²) in [6.45, 7) is 0.504. The molecule has 2 N–H and O–H groups in total. The second-order valence-electron chi connectivity index (χ2n) is 5.19. The van der Waals surface area contributed by atoms with Crippen molar-refractivity contribution < 1.29 is 9.59 Å². The Labute approximate surface area is 131 Å². The molecule has 1 unspecified atom stereocenters. The minimum atomic E-state index is -0.0991. The molecule has 5 heteroatoms. The molecule has 1 atom stereocenters. The maximum Gasteiger partial charge on any atom is 0.251 e. The van der Waals surface area contributed by atoms with E-state index in [1.807, 2.05) is 36.4 Å². The zero-order chi connectivity index (χ0) is 14.8. The van der Waals surface area contributed by atoms with E-state index in [1.165, 1.54) is 0 Å². The van der Waals surface area contributed by atoms with Crippen LogP contribution in [0.3, 0.4) is 0 Å². The standard InChI is InChI=1S/C16H15BrN2O2/c17-14-3-1-2-10-8-11(4-6-13(10)14)16(21)19-12-5-7-15(20)18-9-12/h1-4,6,8,12H,5,7,9H2,(H,18,20)(H,19,21). The molecule has 0 saturated carbocycles. The van der Waals surface area contributed by atoms with Crippen LogP contribution in [-0.2, 0) is 4.79 Å². The van der Waals surface area contributed by atoms with E-state index in [4.69, 9.17) is 0 Å². The van der Waals surface area contributed by atoms with Gasteiger partial charge in [-0.2, -0.15) is 0 Å². The molecule has 2 aromatic rings. The average Bonchev–Trinajstić information content (AvgIpc) is 2.49. The van der Waals surface area contributed by atoms with E-state index in [1.54, 1.807) is 0 Å². The summed E-state index contributed by atoms with van der Waals surface area (Å²) in [5.74, 6) is -0.0471. The Kier molecular flexibility index (Phi) is 3.92. The van der Waals surface area contributed by atoms with Gasteiger partial charge < -0.3 is 10.6 Å². The van der Waals surface area contributed by atoms with Gasteiger partial charge in [-0.1, -0.05) is 34.1 Å². The second kappa shape index (κ2) is 5.85. The minimum Gasteiger partial charge on any atom is -0.354 e. The lowest BCUT2D eigenvalue weighted by Gasteiger charge is -2.23. The molecule has 0 aromatic heterocycles. The fourth-order valence-corrected chi connectivity index (χ4v) is 3.02. The Hall–Kier alpha value is -1.88. The summed E-state index contributed by atoms with van der Waals surface area (Å²) in [5.41, 5.74) is 0.637. The topological polar surface area (TPSA) is 58.2 Å². The van der Waals surface area contributed by atoms with Crippen molar-refractivity contribution in [3.63, 3.8) is 0 Å². The summed E-state index contributed by atoms with van der Waals surface area (Å²) in [6, 6.07) is 11.6. The lowest BCUT2D eigenvalue weighted by atomic mass is 10.0. The molecule has 2 amide bonds. The van der Waals surface area contributed by atoms with Gasteiger partial charge in [0.1, 0.15) is 0 Å². The zero-order valence-electron chi connectivity index (χ0n) is 11.4. The molecule has 1 aliphatic heterocycles. The summed E-state index contributed by atoms with van der Waals surface area (Å²) >= 11 is 3.50. The number of rotatable bonds is 2. The van der Waals surface area contributed by atoms with Gasteiger partial charge >= 0.3 is 0 Å². The summed E-state index contributed by atoms with van der Waals surface area (Å²) in [6.07, 6.45) is 1.16. The summed E-state index contributed by atoms with van der Waals surface area (Å²) in [4.78, 5) is 23.4. The van der Waals surface area contributed by atoms with Gasteiger partial charge in [-0.05, 0) is 35.4 Å². The second-order valence-corrected chi connectivity index (χ2v) is 6.04. The number of nitrogens with one attached hydrogen (secondary N) is 2. The molecule has 4 nitrogen and oxygen atoms in total. The zero-order valence-corrected chi connectivity index (χ0v) is 12.9. The number of hydrogen-bond donors (Lipinski definition) is 2. The molecule has 3 rings (SSSR count). The van der Waals surface area contributed by atoms with Crippen molar-refractivity contribution in [1.29, 1.82) is 0 Å². The van der Waals surface area contributed by atoms with Gasteiger partial charge in [-0.3, -0.25) is 9.59 Å². The lowest BCUT2D eigenvalue weighted by molar-refractivity contribution is -0.122. The highest BCUT2D eigenvalue weighted by Crippen LogP contribution is 2.24. The predicted octanol–water partition coefficient (Wildman–Crippen LogP) is 2.61. The van der Waals surface area contributed by atoms with Gasteiger partial charge in [0, 0.05) is 29.0 Å². The molecule has 2 aromatic carbocycles. The van der Waals surface area contributed by atoms with Gasteiger partial charge in [0.25, 0.3) is 5.91 Å². The van der Waals surface area contributed by atoms with E-state index in [0.717, 1.165) is 15.2 Å². The third-order valence-corrected chi connectivity index (χ3v) is 4.38. The molecular weight excluding hydrogens is 332 g/mol. The van der Waals surface area contributed by atoms with Crippen molar-refractivity contribution in [2.75, 3.05) is 6.54 Å². The molecule has 0 aliphatic carbocycles. The van der Waals surface area contributed by atoms with Crippen LogP contribution in [0.1, 0.15) is 23.2 Å². The molecule has 1 saturated heterocycles. The van der Waals surface area contributed by atoms with Gasteiger partial charge in [0.05, 0.1) is 0 Å². The van der Waals surface area contributed by atoms with Gasteiger partial charge in [-0.15, -0.1) is 0 Å². The Morgan fingerprint density at radius 2 is 2.14 bits per heavy atom. The van der Waals surface area contributed by atoms with Crippen LogP contribution < -0.4 is 10.6 Å². The number of hydrogen-bond acceptors (Lipinski definition) is 2. The van der Waals surface area contributed by atoms with Gasteiger partial charge in [-0.25, -0.2) is 0 Å². The maximum absolute atomic E-state index is 12.3. The van der Waals surface area contributed by atoms with Crippen LogP contribution in [0.15, 0.2) is 40.9 Å². The highest BCUT2D eigenvalue weighted by Gasteiger charge is 2.20. The minimum absolute atomic E-state index is 0.00778. The van der Waals surface area contributed by atoms with E-state index < -0.39 is 0 Å². The number of halogens is 1. The van der Waals surface area contributed by atoms with Crippen LogP contribution >= 0.6 is 15.9 Å². The Morgan fingerprint density at radius 3 is 2.90 bits per heavy atom. The Bertz CT molecular complexity index is 704. The fourth-order valence-electron chi connectivity index (χ4n) is 2.51. The quantitative estimate of drug-likeness (QED) is 0.877. The van der Waals surface area contributed by atoms with Crippen molar-refractivity contribution in [2.24, 2.45) is 0 Å². The summed E-state index contributed by atoms with van der Waals surface area (Å²) in [5, 5.41) is 7.84. The molecule has 1 fully saturated rings. The molecule has 108 valence electrons. The van der Waals surface area contributed by atoms with Crippen molar-refractivity contribution in [1.82, 2.24) is 10.6 Å². The van der Waals surface area contributed by atoms with Gasteiger partial charge in [0.2, 0.25) is 5.91 Å². The molecule has 0 spiro atoms. The van der Waals surface area contributed by atoms with E-state index >= 15 is 0 Å². The smallest absolute Gasteiger partial charge is 0.251 e. The summed E-state index contributed by atoms with van der Waals surface area (Å²) in [7, 11) is 0. The van der Waals surface area contributed by atoms with Gasteiger partial charge in [0.15, 0.2) is 0 Å². The molecule has 0 bridgehead atoms. The van der Waals surface area contributed by atoms with E-state index in [2.05, 4.69) is 26.6 Å². The van der Waals surface area contributed by atoms with Crippen molar-refractivity contribution in [3.8, 4) is 0 Å². The number of benzene rings is 2. The van der Waals surface area contributed by atoms with Crippen molar-refractivity contribution in [3.05, 3.63) is 46.4 Å². The first kappa shape index (κ1) is 14.1. The first-order valence-electron chi connectivity index (χ1n) is 6.89. The number of carbonyl (C=O) groups is 2. The largest absolute Gasteiger partial charge is 0.354 e. The SMILES string of the molecule is O=C1CCC(NC(=O)c2ccc3c(Br)cccc3c2)CN1. The highest BCUT2D eigenvalue weighted by atomic mass is 79.9. The molecule has 0 radical (unpaired) electrons. The number of carbonyl (C=O) groups excluding carboxylic acids is 2. The van der Waals surface area contributed by atoms with Crippen molar-refractivity contribution >= 4 is 38.5 Å². The molecule has 1 aliphatic rings. The maximum atomic E-state index is 12.3. The van der Waals surface area contributed by atoms with Crippen LogP contribution in [0.25, 0.3) is 10.8 Å². The van der Waals surface area contributed by atoms with E-state index in [-0.39, 0.29) is 17.9 Å². The predicted molar refractivity (Wildman–Crippen MR) is 85.1 cm³/mol. The molecule has 21 heavy (non-hydrogen) atoms. The normalized spacial score (nSPS) is 18.3. The first-order valence-corrected chi connectivity index (χ1v) is 7.68. The van der Waals surface area contributed by atoms with Crippen LogP contribution in [0.2, 0.25) is 0 Å². The molecule has 1 heterocycles. The van der Waals surface area contributed by atoms with E-state index in [0.29, 0.717) is 24.9 Å². The Morgan fingerprint density at radius 1 is 1.29 bits per heavy atom. The molecular formula is C16H15BrN2O2. The number of amides is 2. The third kappa shape index (κ3) is 3.08. The summed E-state index contributed by atoms with van der Waals surface area (Å²) < 4.78 is 1.02. The third-order valence-electron chi connectivity index (χ3n) is 3.69. The lowest BCUT2D eigenvalue weighted by Crippen LogP contribution is -2.47. The van der Waals surface area contributed by atoms with Crippen LogP contribution in [0.5, 0.6) is 0 Å². The monoisotopic (exact) mass is 346 g/mol. The van der Waals surface area contributed by atoms with Crippen LogP contribution in [-0.4, -0.2) is 24.4 Å². The van der Waals surface area contributed by atoms with Crippen LogP contribution in [0, 0.1) is 0 Å². The van der Waals surface area contributed by atoms with Crippen LogP contribution in [0.4, 0.5) is 0 Å². The highest BCUT2D eigenvalue weighted by molar-refractivity contribution is 9.10.